The Hall–Kier alpha value is -2.17. The van der Waals surface area contributed by atoms with E-state index in [1.54, 1.807) is 16.7 Å². The van der Waals surface area contributed by atoms with Crippen molar-refractivity contribution in [2.45, 2.75) is 6.42 Å². The highest BCUT2D eigenvalue weighted by Gasteiger charge is 2.27. The molecule has 1 fully saturated rings. The van der Waals surface area contributed by atoms with Gasteiger partial charge in [0.25, 0.3) is 0 Å². The predicted octanol–water partition coefficient (Wildman–Crippen LogP) is 3.01. The summed E-state index contributed by atoms with van der Waals surface area (Å²) >= 11 is 4.24. The standard InChI is InChI=1S/C17H16N2O5S3/c1-23-15(21)8-14-19(13(20)10-26-14)5-3-6-24-17(22)11-9-27-16(18-11)12-4-2-7-25-12/h2,4,7-9H,3,5-6,10H2,1H3/b14-8+. The van der Waals surface area contributed by atoms with Gasteiger partial charge in [-0.1, -0.05) is 17.8 Å². The molecule has 1 saturated heterocycles. The van der Waals surface area contributed by atoms with Crippen LogP contribution in [0, 0.1) is 0 Å². The van der Waals surface area contributed by atoms with Crippen LogP contribution in [0.25, 0.3) is 9.88 Å². The summed E-state index contributed by atoms with van der Waals surface area (Å²) in [5.41, 5.74) is 0.280. The van der Waals surface area contributed by atoms with Gasteiger partial charge in [-0.15, -0.1) is 22.7 Å². The fourth-order valence-corrected chi connectivity index (χ4v) is 4.83. The zero-order valence-corrected chi connectivity index (χ0v) is 16.8. The van der Waals surface area contributed by atoms with Crippen molar-refractivity contribution in [2.75, 3.05) is 26.0 Å². The number of thioether (sulfide) groups is 1. The molecule has 0 radical (unpaired) electrons. The number of rotatable bonds is 7. The molecule has 1 aliphatic heterocycles. The fraction of sp³-hybridized carbons (Fsp3) is 0.294. The smallest absolute Gasteiger partial charge is 0.357 e. The van der Waals surface area contributed by atoms with Gasteiger partial charge in [0.2, 0.25) is 5.91 Å². The second-order valence-electron chi connectivity index (χ2n) is 5.34. The van der Waals surface area contributed by atoms with E-state index in [0.29, 0.717) is 18.0 Å². The number of nitrogens with zero attached hydrogens (tertiary/aromatic N) is 2. The Bertz CT molecular complexity index is 860. The molecule has 27 heavy (non-hydrogen) atoms. The van der Waals surface area contributed by atoms with Crippen LogP contribution in [0.3, 0.4) is 0 Å². The maximum absolute atomic E-state index is 12.1. The molecule has 0 bridgehead atoms. The molecule has 142 valence electrons. The minimum atomic E-state index is -0.506. The number of hydrogen-bond acceptors (Lipinski definition) is 9. The van der Waals surface area contributed by atoms with Crippen LogP contribution in [0.5, 0.6) is 0 Å². The molecule has 3 heterocycles. The Morgan fingerprint density at radius 3 is 2.96 bits per heavy atom. The van der Waals surface area contributed by atoms with Crippen molar-refractivity contribution in [1.29, 1.82) is 0 Å². The summed E-state index contributed by atoms with van der Waals surface area (Å²) in [5, 5.41) is 4.97. The molecule has 1 aliphatic rings. The van der Waals surface area contributed by atoms with Crippen LogP contribution in [0.2, 0.25) is 0 Å². The summed E-state index contributed by atoms with van der Waals surface area (Å²) in [5.74, 6) is -0.788. The first kappa shape index (κ1) is 19.6. The molecule has 0 spiro atoms. The Labute approximate surface area is 168 Å². The molecule has 2 aromatic rings. The van der Waals surface area contributed by atoms with Crippen LogP contribution in [0.1, 0.15) is 16.9 Å². The molecule has 0 N–H and O–H groups in total. The van der Waals surface area contributed by atoms with Crippen molar-refractivity contribution in [3.8, 4) is 9.88 Å². The number of thiazole rings is 1. The summed E-state index contributed by atoms with van der Waals surface area (Å²) in [6, 6.07) is 3.88. The topological polar surface area (TPSA) is 85.8 Å². The Morgan fingerprint density at radius 1 is 1.37 bits per heavy atom. The van der Waals surface area contributed by atoms with Crippen molar-refractivity contribution in [1.82, 2.24) is 9.88 Å². The van der Waals surface area contributed by atoms with Crippen LogP contribution in [0.4, 0.5) is 0 Å². The van der Waals surface area contributed by atoms with E-state index in [-0.39, 0.29) is 24.0 Å². The third kappa shape index (κ3) is 4.96. The number of hydrogen-bond donors (Lipinski definition) is 0. The van der Waals surface area contributed by atoms with E-state index in [9.17, 15) is 14.4 Å². The number of carbonyl (C=O) groups excluding carboxylic acids is 3. The first-order valence-corrected chi connectivity index (χ1v) is 10.7. The summed E-state index contributed by atoms with van der Waals surface area (Å²) in [7, 11) is 1.28. The van der Waals surface area contributed by atoms with Gasteiger partial charge >= 0.3 is 11.9 Å². The average Bonchev–Trinajstić information content (AvgIpc) is 3.40. The van der Waals surface area contributed by atoms with Gasteiger partial charge < -0.3 is 14.4 Å². The van der Waals surface area contributed by atoms with Crippen LogP contribution >= 0.6 is 34.4 Å². The number of thiophene rings is 1. The lowest BCUT2D eigenvalue weighted by Gasteiger charge is -2.16. The molecule has 0 aliphatic carbocycles. The van der Waals surface area contributed by atoms with Gasteiger partial charge in [0.15, 0.2) is 5.69 Å². The van der Waals surface area contributed by atoms with Crippen molar-refractivity contribution < 1.29 is 23.9 Å². The van der Waals surface area contributed by atoms with Crippen LogP contribution in [-0.4, -0.2) is 53.7 Å². The minimum Gasteiger partial charge on any atom is -0.466 e. The van der Waals surface area contributed by atoms with Crippen LogP contribution < -0.4 is 0 Å². The molecule has 2 aromatic heterocycles. The Kier molecular flexibility index (Phi) is 6.64. The van der Waals surface area contributed by atoms with Crippen molar-refractivity contribution in [3.63, 3.8) is 0 Å². The second-order valence-corrected chi connectivity index (χ2v) is 8.15. The highest BCUT2D eigenvalue weighted by Crippen LogP contribution is 2.29. The van der Waals surface area contributed by atoms with Gasteiger partial charge in [0.1, 0.15) is 5.01 Å². The third-order valence-corrected chi connectivity index (χ3v) is 6.46. The first-order valence-electron chi connectivity index (χ1n) is 7.98. The maximum atomic E-state index is 12.1. The SMILES string of the molecule is COC(=O)/C=C1/SCC(=O)N1CCCOC(=O)c1csc(-c2cccs2)n1. The van der Waals surface area contributed by atoms with Gasteiger partial charge in [-0.05, 0) is 17.9 Å². The number of esters is 2. The van der Waals surface area contributed by atoms with E-state index >= 15 is 0 Å². The van der Waals surface area contributed by atoms with Gasteiger partial charge in [-0.2, -0.15) is 0 Å². The summed E-state index contributed by atoms with van der Waals surface area (Å²) in [6.07, 6.45) is 1.75. The number of methoxy groups -OCH3 is 1. The molecule has 1 amide bonds. The molecule has 0 aromatic carbocycles. The van der Waals surface area contributed by atoms with E-state index in [0.717, 1.165) is 9.88 Å². The average molecular weight is 425 g/mol. The molecule has 0 atom stereocenters. The Balaban J connectivity index is 1.48. The van der Waals surface area contributed by atoms with Gasteiger partial charge in [-0.3, -0.25) is 4.79 Å². The minimum absolute atomic E-state index is 0.0819. The van der Waals surface area contributed by atoms with Crippen molar-refractivity contribution in [3.05, 3.63) is 39.7 Å². The summed E-state index contributed by atoms with van der Waals surface area (Å²) in [4.78, 5) is 42.2. The molecule has 0 saturated carbocycles. The van der Waals surface area contributed by atoms with E-state index in [4.69, 9.17) is 4.74 Å². The third-order valence-electron chi connectivity index (χ3n) is 3.56. The molecular formula is C17H16N2O5S3. The predicted molar refractivity (Wildman–Crippen MR) is 105 cm³/mol. The number of aromatic nitrogens is 1. The highest BCUT2D eigenvalue weighted by atomic mass is 32.2. The zero-order chi connectivity index (χ0) is 19.2. The van der Waals surface area contributed by atoms with Crippen LogP contribution in [0.15, 0.2) is 34.0 Å². The lowest BCUT2D eigenvalue weighted by Crippen LogP contribution is -2.27. The maximum Gasteiger partial charge on any atom is 0.357 e. The molecule has 0 unspecified atom stereocenters. The monoisotopic (exact) mass is 424 g/mol. The second kappa shape index (κ2) is 9.16. The fourth-order valence-electron chi connectivity index (χ4n) is 2.27. The highest BCUT2D eigenvalue weighted by molar-refractivity contribution is 8.04. The van der Waals surface area contributed by atoms with E-state index in [1.807, 2.05) is 17.5 Å². The molecule has 7 nitrogen and oxygen atoms in total. The first-order chi connectivity index (χ1) is 13.1. The normalized spacial score (nSPS) is 15.4. The number of amides is 1. The van der Waals surface area contributed by atoms with Crippen LogP contribution in [-0.2, 0) is 19.1 Å². The molecule has 3 rings (SSSR count). The molecular weight excluding hydrogens is 408 g/mol. The number of carbonyl (C=O) groups is 3. The van der Waals surface area contributed by atoms with Gasteiger partial charge in [0.05, 0.1) is 35.5 Å². The van der Waals surface area contributed by atoms with Gasteiger partial charge in [-0.25, -0.2) is 14.6 Å². The lowest BCUT2D eigenvalue weighted by atomic mass is 10.4. The van der Waals surface area contributed by atoms with E-state index in [2.05, 4.69) is 9.72 Å². The van der Waals surface area contributed by atoms with E-state index in [1.165, 1.54) is 41.2 Å². The molecule has 10 heteroatoms. The number of ether oxygens (including phenoxy) is 2. The van der Waals surface area contributed by atoms with E-state index < -0.39 is 11.9 Å². The van der Waals surface area contributed by atoms with Crippen molar-refractivity contribution >= 4 is 52.3 Å². The largest absolute Gasteiger partial charge is 0.466 e. The summed E-state index contributed by atoms with van der Waals surface area (Å²) < 4.78 is 9.83. The zero-order valence-electron chi connectivity index (χ0n) is 14.4. The summed E-state index contributed by atoms with van der Waals surface area (Å²) in [6.45, 7) is 0.518. The lowest BCUT2D eigenvalue weighted by molar-refractivity contribution is -0.134. The van der Waals surface area contributed by atoms with Gasteiger partial charge in [0, 0.05) is 11.9 Å². The van der Waals surface area contributed by atoms with Crippen molar-refractivity contribution in [2.24, 2.45) is 0 Å². The quantitative estimate of drug-likeness (QED) is 0.384. The Morgan fingerprint density at radius 2 is 2.22 bits per heavy atom.